The molecule has 0 spiro atoms. The van der Waals surface area contributed by atoms with E-state index in [0.717, 1.165) is 11.1 Å². The number of allylic oxidation sites excluding steroid dienone is 12. The Bertz CT molecular complexity index is 2220. The molecule has 0 radical (unpaired) electrons. The lowest BCUT2D eigenvalue weighted by atomic mass is 9.95. The van der Waals surface area contributed by atoms with E-state index in [1.54, 1.807) is 111 Å². The standard InChI is InChI=1S/C60H84O18/c1-37-17-11-7-5-9-13-19-41-21-15-23-53(71)57(41)59(75)78-52(36-56(74)40(4)62)34-50(70)32-48(68)30-46(66)28-44(64)26-38(2)18-12-8-6-10-14-20-42-22-16-24-54(72)58(42)60(76)77-51(35-55(73)39(3)61)33-49(69)31-47(67)29-45(65)27-43(63)25-37/h5-24,39-40,43-52,55-56,61-74H,25-36H2,1-4H3. The Kier molecular flexibility index (Phi) is 30.0. The SMILES string of the molecule is CC1=CC=CC=CC=Cc2cccc(O)c2C(=O)OC(CC(O)C(C)O)CC(O)CC(O)CC(O)CC(O)CC(C)=CC=CC=CC=Cc2cccc(O)c2C(=O)OC(CC(O)C(C)O)CC(O)CC(O)CC(O)CC(O)C1. The van der Waals surface area contributed by atoms with Gasteiger partial charge in [-0.2, -0.15) is 0 Å². The normalized spacial score (nSPS) is 27.8. The fourth-order valence-corrected chi connectivity index (χ4v) is 8.83. The zero-order valence-electron chi connectivity index (χ0n) is 45.0. The monoisotopic (exact) mass is 1090 g/mol. The summed E-state index contributed by atoms with van der Waals surface area (Å²) in [4.78, 5) is 27.2. The fourth-order valence-electron chi connectivity index (χ4n) is 8.83. The molecule has 0 aliphatic carbocycles. The average molecular weight is 1090 g/mol. The van der Waals surface area contributed by atoms with Gasteiger partial charge in [-0.3, -0.25) is 0 Å². The molecule has 0 amide bonds. The van der Waals surface area contributed by atoms with Crippen LogP contribution in [0.5, 0.6) is 11.5 Å². The molecule has 0 saturated heterocycles. The molecule has 2 aromatic carbocycles. The number of rotatable bonds is 6. The Morgan fingerprint density at radius 2 is 0.731 bits per heavy atom. The number of carbonyl (C=O) groups is 2. The number of phenols is 2. The van der Waals surface area contributed by atoms with E-state index in [1.165, 1.54) is 38.1 Å². The van der Waals surface area contributed by atoms with E-state index in [-0.39, 0.29) is 99.3 Å². The average Bonchev–Trinajstić information content (AvgIpc) is 3.32. The molecule has 0 aromatic heterocycles. The molecule has 2 aromatic rings. The molecule has 18 nitrogen and oxygen atoms in total. The summed E-state index contributed by atoms with van der Waals surface area (Å²) in [5.74, 6) is -2.75. The summed E-state index contributed by atoms with van der Waals surface area (Å²) < 4.78 is 11.4. The van der Waals surface area contributed by atoms with Crippen molar-refractivity contribution in [1.29, 1.82) is 0 Å². The number of aliphatic hydroxyl groups excluding tert-OH is 12. The Balaban J connectivity index is 1.87. The van der Waals surface area contributed by atoms with Crippen LogP contribution in [0.2, 0.25) is 0 Å². The second kappa shape index (κ2) is 35.1. The van der Waals surface area contributed by atoms with Gasteiger partial charge in [0, 0.05) is 25.7 Å². The lowest BCUT2D eigenvalue weighted by molar-refractivity contribution is -0.0375. The lowest BCUT2D eigenvalue weighted by Gasteiger charge is -2.26. The first-order chi connectivity index (χ1) is 36.9. The Labute approximate surface area is 457 Å². The molecule has 1 heterocycles. The quantitative estimate of drug-likeness (QED) is 0.168. The number of esters is 2. The Morgan fingerprint density at radius 3 is 1.06 bits per heavy atom. The molecule has 0 fully saturated rings. The number of phenolic OH excluding ortho intramolecular Hbond substituents is 2. The molecular weight excluding hydrogens is 1010 g/mol. The second-order valence-corrected chi connectivity index (χ2v) is 20.4. The third-order valence-electron chi connectivity index (χ3n) is 12.9. The number of cyclic esters (lactones) is 2. The van der Waals surface area contributed by atoms with Gasteiger partial charge in [0.15, 0.2) is 0 Å². The number of benzene rings is 2. The molecule has 3 rings (SSSR count). The van der Waals surface area contributed by atoms with Crippen LogP contribution < -0.4 is 0 Å². The molecule has 0 bridgehead atoms. The number of ether oxygens (including phenoxy) is 2. The van der Waals surface area contributed by atoms with Crippen molar-refractivity contribution >= 4 is 24.1 Å². The van der Waals surface area contributed by atoms with Crippen LogP contribution in [0.4, 0.5) is 0 Å². The molecule has 14 atom stereocenters. The van der Waals surface area contributed by atoms with Crippen molar-refractivity contribution in [3.8, 4) is 11.5 Å². The molecule has 1 aliphatic rings. The predicted molar refractivity (Wildman–Crippen MR) is 296 cm³/mol. The van der Waals surface area contributed by atoms with Crippen molar-refractivity contribution in [2.45, 2.75) is 190 Å². The lowest BCUT2D eigenvalue weighted by Crippen LogP contribution is -2.34. The van der Waals surface area contributed by atoms with E-state index in [0.29, 0.717) is 0 Å². The highest BCUT2D eigenvalue weighted by atomic mass is 16.6. The first kappa shape index (κ1) is 66.7. The van der Waals surface area contributed by atoms with E-state index >= 15 is 0 Å². The van der Waals surface area contributed by atoms with Crippen LogP contribution in [0.15, 0.2) is 120 Å². The van der Waals surface area contributed by atoms with Crippen LogP contribution >= 0.6 is 0 Å². The van der Waals surface area contributed by atoms with Crippen molar-refractivity contribution in [2.24, 2.45) is 0 Å². The van der Waals surface area contributed by atoms with Crippen molar-refractivity contribution in [1.82, 2.24) is 0 Å². The van der Waals surface area contributed by atoms with Crippen molar-refractivity contribution in [3.05, 3.63) is 143 Å². The molecule has 18 heteroatoms. The predicted octanol–water partition coefficient (Wildman–Crippen LogP) is 5.06. The second-order valence-electron chi connectivity index (χ2n) is 20.4. The van der Waals surface area contributed by atoms with E-state index in [9.17, 15) is 81.1 Å². The molecule has 1 aliphatic heterocycles. The minimum atomic E-state index is -1.36. The maximum atomic E-state index is 13.6. The van der Waals surface area contributed by atoms with Gasteiger partial charge in [-0.1, -0.05) is 120 Å². The molecule has 14 unspecified atom stereocenters. The number of carbonyl (C=O) groups excluding carboxylic acids is 2. The van der Waals surface area contributed by atoms with Crippen LogP contribution in [-0.4, -0.2) is 169 Å². The van der Waals surface area contributed by atoms with E-state index < -0.39 is 109 Å². The summed E-state index contributed by atoms with van der Waals surface area (Å²) >= 11 is 0. The summed E-state index contributed by atoms with van der Waals surface area (Å²) in [7, 11) is 0. The molecular formula is C60H84O18. The zero-order valence-corrected chi connectivity index (χ0v) is 45.0. The van der Waals surface area contributed by atoms with Gasteiger partial charge >= 0.3 is 11.9 Å². The van der Waals surface area contributed by atoms with Gasteiger partial charge in [0.2, 0.25) is 0 Å². The first-order valence-electron chi connectivity index (χ1n) is 26.5. The molecule has 0 saturated carbocycles. The van der Waals surface area contributed by atoms with Crippen LogP contribution in [0.1, 0.15) is 137 Å². The summed E-state index contributed by atoms with van der Waals surface area (Å²) in [6.07, 6.45) is 4.61. The van der Waals surface area contributed by atoms with Gasteiger partial charge in [-0.15, -0.1) is 0 Å². The number of hydrogen-bond acceptors (Lipinski definition) is 18. The van der Waals surface area contributed by atoms with Crippen molar-refractivity contribution in [3.63, 3.8) is 0 Å². The van der Waals surface area contributed by atoms with Gasteiger partial charge in [-0.05, 0) is 102 Å². The van der Waals surface area contributed by atoms with E-state index in [1.807, 2.05) is 0 Å². The third kappa shape index (κ3) is 25.9. The number of hydrogen-bond donors (Lipinski definition) is 14. The molecule has 14 N–H and O–H groups in total. The minimum Gasteiger partial charge on any atom is -0.507 e. The van der Waals surface area contributed by atoms with Crippen LogP contribution in [0.25, 0.3) is 12.2 Å². The van der Waals surface area contributed by atoms with Crippen LogP contribution in [-0.2, 0) is 9.47 Å². The summed E-state index contributed by atoms with van der Waals surface area (Å²) in [5, 5.41) is 149. The van der Waals surface area contributed by atoms with Crippen molar-refractivity contribution < 1.29 is 90.6 Å². The first-order valence-corrected chi connectivity index (χ1v) is 26.5. The summed E-state index contributed by atoms with van der Waals surface area (Å²) in [6.45, 7) is 6.25. The highest BCUT2D eigenvalue weighted by Crippen LogP contribution is 2.29. The maximum Gasteiger partial charge on any atom is 0.342 e. The fraction of sp³-hybridized carbons (Fsp3) is 0.500. The van der Waals surface area contributed by atoms with Gasteiger partial charge in [0.05, 0.1) is 73.2 Å². The van der Waals surface area contributed by atoms with E-state index in [2.05, 4.69) is 0 Å². The largest absolute Gasteiger partial charge is 0.507 e. The van der Waals surface area contributed by atoms with Gasteiger partial charge < -0.3 is 81.0 Å². The Hall–Kier alpha value is -5.58. The maximum absolute atomic E-state index is 13.6. The zero-order chi connectivity index (χ0) is 57.9. The number of aromatic hydroxyl groups is 2. The third-order valence-corrected chi connectivity index (χ3v) is 12.9. The summed E-state index contributed by atoms with van der Waals surface area (Å²) in [5.41, 5.74) is 1.69. The number of fused-ring (bicyclic) bond motifs is 2. The van der Waals surface area contributed by atoms with Crippen molar-refractivity contribution in [2.75, 3.05) is 0 Å². The van der Waals surface area contributed by atoms with Gasteiger partial charge in [0.25, 0.3) is 0 Å². The van der Waals surface area contributed by atoms with E-state index in [4.69, 9.17) is 9.47 Å². The number of aliphatic hydroxyl groups is 12. The summed E-state index contributed by atoms with van der Waals surface area (Å²) in [6, 6.07) is 8.76. The van der Waals surface area contributed by atoms with Crippen LogP contribution in [0.3, 0.4) is 0 Å². The topological polar surface area (TPSA) is 336 Å². The Morgan fingerprint density at radius 1 is 0.436 bits per heavy atom. The van der Waals surface area contributed by atoms with Gasteiger partial charge in [-0.25, -0.2) is 9.59 Å². The highest BCUT2D eigenvalue weighted by molar-refractivity contribution is 5.97. The molecule has 432 valence electrons. The van der Waals surface area contributed by atoms with Crippen LogP contribution in [0, 0.1) is 0 Å². The smallest absolute Gasteiger partial charge is 0.342 e. The minimum absolute atomic E-state index is 0.0902. The highest BCUT2D eigenvalue weighted by Gasteiger charge is 2.30. The molecule has 78 heavy (non-hydrogen) atoms. The van der Waals surface area contributed by atoms with Gasteiger partial charge in [0.1, 0.15) is 34.8 Å².